The molecule has 0 bridgehead atoms. The number of hydrogen-bond acceptors (Lipinski definition) is 5. The highest BCUT2D eigenvalue weighted by Crippen LogP contribution is 2.23. The molecule has 0 fully saturated rings. The van der Waals surface area contributed by atoms with Gasteiger partial charge in [0.05, 0.1) is 4.90 Å². The van der Waals surface area contributed by atoms with Crippen LogP contribution in [0.15, 0.2) is 63.9 Å². The first-order valence-corrected chi connectivity index (χ1v) is 9.60. The number of aromatic nitrogens is 1. The summed E-state index contributed by atoms with van der Waals surface area (Å²) in [6, 6.07) is 15.3. The number of carbonyl (C=O) groups excluding carboxylic acids is 1. The molecular weight excluding hydrogens is 366 g/mol. The van der Waals surface area contributed by atoms with E-state index in [1.807, 2.05) is 30.3 Å². The lowest BCUT2D eigenvalue weighted by Gasteiger charge is -2.12. The highest BCUT2D eigenvalue weighted by molar-refractivity contribution is 7.89. The first-order valence-electron chi connectivity index (χ1n) is 8.16. The lowest BCUT2D eigenvalue weighted by Crippen LogP contribution is -2.22. The number of nitrogens with one attached hydrogen (secondary N) is 1. The molecule has 0 saturated carbocycles. The Balaban J connectivity index is 1.86. The molecule has 2 aromatic carbocycles. The molecule has 0 spiro atoms. The molecule has 1 aromatic heterocycles. The third-order valence-electron chi connectivity index (χ3n) is 3.90. The van der Waals surface area contributed by atoms with Gasteiger partial charge in [-0.2, -0.15) is 0 Å². The smallest absolute Gasteiger partial charge is 0.277 e. The maximum Gasteiger partial charge on any atom is 0.277 e. The van der Waals surface area contributed by atoms with Gasteiger partial charge >= 0.3 is 0 Å². The summed E-state index contributed by atoms with van der Waals surface area (Å²) in [5.41, 5.74) is 1.26. The van der Waals surface area contributed by atoms with Gasteiger partial charge in [-0.25, -0.2) is 17.7 Å². The van der Waals surface area contributed by atoms with Gasteiger partial charge in [-0.15, -0.1) is 0 Å². The predicted molar refractivity (Wildman–Crippen MR) is 102 cm³/mol. The maximum absolute atomic E-state index is 12.6. The summed E-state index contributed by atoms with van der Waals surface area (Å²) < 4.78 is 31.2. The Morgan fingerprint density at radius 1 is 1.07 bits per heavy atom. The highest BCUT2D eigenvalue weighted by Gasteiger charge is 2.20. The summed E-state index contributed by atoms with van der Waals surface area (Å²) in [7, 11) is -0.694. The standard InChI is InChI=1S/C19H19N3O4S/c1-13-17(21-19(26-13)14-8-5-4-6-9-14)18(23)20-15-10-7-11-16(12-15)27(24,25)22(2)3/h4-12H,1-3H3,(H,20,23). The van der Waals surface area contributed by atoms with E-state index < -0.39 is 15.9 Å². The number of carbonyl (C=O) groups is 1. The van der Waals surface area contributed by atoms with Crippen LogP contribution >= 0.6 is 0 Å². The third kappa shape index (κ3) is 3.91. The van der Waals surface area contributed by atoms with E-state index in [9.17, 15) is 13.2 Å². The van der Waals surface area contributed by atoms with Crippen LogP contribution in [0.3, 0.4) is 0 Å². The van der Waals surface area contributed by atoms with Crippen molar-refractivity contribution in [3.63, 3.8) is 0 Å². The van der Waals surface area contributed by atoms with Crippen molar-refractivity contribution in [2.45, 2.75) is 11.8 Å². The van der Waals surface area contributed by atoms with E-state index in [4.69, 9.17) is 4.42 Å². The highest BCUT2D eigenvalue weighted by atomic mass is 32.2. The van der Waals surface area contributed by atoms with Gasteiger partial charge in [0.25, 0.3) is 5.91 Å². The van der Waals surface area contributed by atoms with Crippen LogP contribution in [-0.4, -0.2) is 37.7 Å². The topological polar surface area (TPSA) is 92.5 Å². The lowest BCUT2D eigenvalue weighted by atomic mass is 10.2. The Hall–Kier alpha value is -2.97. The van der Waals surface area contributed by atoms with Crippen LogP contribution in [0.2, 0.25) is 0 Å². The van der Waals surface area contributed by atoms with E-state index in [0.717, 1.165) is 9.87 Å². The van der Waals surface area contributed by atoms with Crippen molar-refractivity contribution in [3.8, 4) is 11.5 Å². The third-order valence-corrected chi connectivity index (χ3v) is 5.71. The molecule has 3 rings (SSSR count). The summed E-state index contributed by atoms with van der Waals surface area (Å²) in [5.74, 6) is 0.253. The number of oxazole rings is 1. The zero-order valence-corrected chi connectivity index (χ0v) is 15.9. The van der Waals surface area contributed by atoms with E-state index in [0.29, 0.717) is 17.3 Å². The molecule has 0 aliphatic carbocycles. The molecule has 1 amide bonds. The minimum Gasteiger partial charge on any atom is -0.441 e. The first-order chi connectivity index (χ1) is 12.8. The lowest BCUT2D eigenvalue weighted by molar-refractivity contribution is 0.102. The van der Waals surface area contributed by atoms with Gasteiger partial charge in [-0.3, -0.25) is 4.79 Å². The van der Waals surface area contributed by atoms with E-state index in [-0.39, 0.29) is 10.6 Å². The van der Waals surface area contributed by atoms with Gasteiger partial charge in [0.2, 0.25) is 15.9 Å². The van der Waals surface area contributed by atoms with Gasteiger partial charge in [-0.1, -0.05) is 24.3 Å². The van der Waals surface area contributed by atoms with Gasteiger partial charge < -0.3 is 9.73 Å². The summed E-state index contributed by atoms with van der Waals surface area (Å²) in [4.78, 5) is 16.9. The number of nitrogens with zero attached hydrogens (tertiary/aromatic N) is 2. The minimum atomic E-state index is -3.59. The molecule has 3 aromatic rings. The van der Waals surface area contributed by atoms with Crippen molar-refractivity contribution in [1.82, 2.24) is 9.29 Å². The van der Waals surface area contributed by atoms with E-state index in [2.05, 4.69) is 10.3 Å². The second-order valence-corrected chi connectivity index (χ2v) is 8.21. The van der Waals surface area contributed by atoms with Crippen molar-refractivity contribution in [1.29, 1.82) is 0 Å². The molecule has 1 N–H and O–H groups in total. The Bertz CT molecular complexity index is 1070. The van der Waals surface area contributed by atoms with Gasteiger partial charge in [0.15, 0.2) is 5.69 Å². The largest absolute Gasteiger partial charge is 0.441 e. The fraction of sp³-hybridized carbons (Fsp3) is 0.158. The van der Waals surface area contributed by atoms with E-state index >= 15 is 0 Å². The van der Waals surface area contributed by atoms with E-state index in [1.165, 1.54) is 26.2 Å². The number of hydrogen-bond donors (Lipinski definition) is 1. The van der Waals surface area contributed by atoms with Crippen molar-refractivity contribution in [2.75, 3.05) is 19.4 Å². The van der Waals surface area contributed by atoms with Crippen molar-refractivity contribution in [2.24, 2.45) is 0 Å². The molecule has 1 heterocycles. The number of rotatable bonds is 5. The first kappa shape index (κ1) is 18.8. The fourth-order valence-electron chi connectivity index (χ4n) is 2.45. The van der Waals surface area contributed by atoms with Gasteiger partial charge in [0, 0.05) is 25.3 Å². The molecule has 0 radical (unpaired) electrons. The van der Waals surface area contributed by atoms with Crippen LogP contribution in [0, 0.1) is 6.92 Å². The summed E-state index contributed by atoms with van der Waals surface area (Å²) in [5, 5.41) is 2.67. The molecule has 0 atom stereocenters. The molecule has 0 aliphatic rings. The second-order valence-electron chi connectivity index (χ2n) is 6.06. The van der Waals surface area contributed by atoms with Crippen LogP contribution in [0.5, 0.6) is 0 Å². The predicted octanol–water partition coefficient (Wildman–Crippen LogP) is 3.15. The average Bonchev–Trinajstić information content (AvgIpc) is 3.04. The van der Waals surface area contributed by atoms with Crippen molar-refractivity contribution >= 4 is 21.6 Å². The van der Waals surface area contributed by atoms with Crippen LogP contribution in [0.1, 0.15) is 16.2 Å². The number of amides is 1. The maximum atomic E-state index is 12.6. The summed E-state index contributed by atoms with van der Waals surface area (Å²) in [6.45, 7) is 1.65. The molecule has 140 valence electrons. The molecular formula is C19H19N3O4S. The van der Waals surface area contributed by atoms with Gasteiger partial charge in [-0.05, 0) is 37.3 Å². The number of sulfonamides is 1. The van der Waals surface area contributed by atoms with Crippen molar-refractivity contribution in [3.05, 3.63) is 66.1 Å². The Morgan fingerprint density at radius 3 is 2.44 bits per heavy atom. The van der Waals surface area contributed by atoms with E-state index in [1.54, 1.807) is 19.1 Å². The van der Waals surface area contributed by atoms with Gasteiger partial charge in [0.1, 0.15) is 5.76 Å². The number of anilines is 1. The zero-order chi connectivity index (χ0) is 19.6. The SMILES string of the molecule is Cc1oc(-c2ccccc2)nc1C(=O)Nc1cccc(S(=O)(=O)N(C)C)c1. The molecule has 27 heavy (non-hydrogen) atoms. The molecule has 7 nitrogen and oxygen atoms in total. The minimum absolute atomic E-state index is 0.0900. The molecule has 8 heteroatoms. The Kier molecular flexibility index (Phi) is 5.11. The normalized spacial score (nSPS) is 11.6. The number of aryl methyl sites for hydroxylation is 1. The van der Waals surface area contributed by atoms with Crippen LogP contribution in [0.25, 0.3) is 11.5 Å². The quantitative estimate of drug-likeness (QED) is 0.728. The van der Waals surface area contributed by atoms with Crippen LogP contribution < -0.4 is 5.32 Å². The molecule has 0 aliphatic heterocycles. The second kappa shape index (κ2) is 7.34. The fourth-order valence-corrected chi connectivity index (χ4v) is 3.39. The number of benzene rings is 2. The zero-order valence-electron chi connectivity index (χ0n) is 15.1. The van der Waals surface area contributed by atoms with Crippen LogP contribution in [-0.2, 0) is 10.0 Å². The summed E-state index contributed by atoms with van der Waals surface area (Å²) in [6.07, 6.45) is 0. The Labute approximate surface area is 157 Å². The Morgan fingerprint density at radius 2 is 1.78 bits per heavy atom. The average molecular weight is 385 g/mol. The molecule has 0 unspecified atom stereocenters. The molecule has 0 saturated heterocycles. The monoisotopic (exact) mass is 385 g/mol. The van der Waals surface area contributed by atoms with Crippen LogP contribution in [0.4, 0.5) is 5.69 Å². The summed E-state index contributed by atoms with van der Waals surface area (Å²) >= 11 is 0. The van der Waals surface area contributed by atoms with Crippen molar-refractivity contribution < 1.29 is 17.6 Å².